The molecule has 1 aromatic heterocycles. The second kappa shape index (κ2) is 11.0. The molecule has 0 bridgehead atoms. The number of rotatable bonds is 7. The van der Waals surface area contributed by atoms with Crippen LogP contribution in [0.2, 0.25) is 10.0 Å². The summed E-state index contributed by atoms with van der Waals surface area (Å²) >= 11 is 11.8. The Bertz CT molecular complexity index is 1400. The monoisotopic (exact) mass is 505 g/mol. The van der Waals surface area contributed by atoms with Crippen molar-refractivity contribution in [3.8, 4) is 16.9 Å². The molecule has 2 N–H and O–H groups in total. The third-order valence-electron chi connectivity index (χ3n) is 5.04. The van der Waals surface area contributed by atoms with Gasteiger partial charge in [0.2, 0.25) is 0 Å². The first kappa shape index (κ1) is 24.2. The number of nitrogens with zero attached hydrogens (tertiary/aromatic N) is 3. The van der Waals surface area contributed by atoms with Crippen LogP contribution >= 0.6 is 23.2 Å². The van der Waals surface area contributed by atoms with Gasteiger partial charge < -0.3 is 5.32 Å². The fraction of sp³-hybridized carbons (Fsp3) is 0.0769. The van der Waals surface area contributed by atoms with Gasteiger partial charge in [-0.15, -0.1) is 0 Å². The number of hydrazone groups is 1. The average molecular weight is 506 g/mol. The van der Waals surface area contributed by atoms with Gasteiger partial charge in [0.05, 0.1) is 28.5 Å². The number of halogens is 2. The zero-order valence-corrected chi connectivity index (χ0v) is 20.2. The Kier molecular flexibility index (Phi) is 7.60. The first-order chi connectivity index (χ1) is 16.9. The Hall–Kier alpha value is -3.94. The topological polar surface area (TPSA) is 88.4 Å². The maximum absolute atomic E-state index is 12.2. The Labute approximate surface area is 212 Å². The summed E-state index contributed by atoms with van der Waals surface area (Å²) < 4.78 is 1.76. The minimum Gasteiger partial charge on any atom is -0.343 e. The van der Waals surface area contributed by atoms with Gasteiger partial charge in [-0.3, -0.25) is 9.59 Å². The van der Waals surface area contributed by atoms with Crippen molar-refractivity contribution in [3.63, 3.8) is 0 Å². The molecule has 4 rings (SSSR count). The molecule has 1 heterocycles. The summed E-state index contributed by atoms with van der Waals surface area (Å²) in [6.45, 7) is 1.75. The van der Waals surface area contributed by atoms with E-state index in [0.717, 1.165) is 28.1 Å². The van der Waals surface area contributed by atoms with Crippen molar-refractivity contribution in [1.29, 1.82) is 0 Å². The van der Waals surface area contributed by atoms with Crippen molar-refractivity contribution in [2.45, 2.75) is 6.92 Å². The molecule has 176 valence electrons. The third kappa shape index (κ3) is 6.15. The predicted molar refractivity (Wildman–Crippen MR) is 138 cm³/mol. The maximum atomic E-state index is 12.2. The number of carbonyl (C=O) groups excluding carboxylic acids is 2. The molecule has 35 heavy (non-hydrogen) atoms. The highest BCUT2D eigenvalue weighted by Gasteiger charge is 2.12. The van der Waals surface area contributed by atoms with Gasteiger partial charge in [0.25, 0.3) is 11.8 Å². The highest BCUT2D eigenvalue weighted by atomic mass is 35.5. The molecule has 0 aliphatic carbocycles. The van der Waals surface area contributed by atoms with Crippen LogP contribution in [0.3, 0.4) is 0 Å². The van der Waals surface area contributed by atoms with Gasteiger partial charge >= 0.3 is 0 Å². The maximum Gasteiger partial charge on any atom is 0.259 e. The van der Waals surface area contributed by atoms with Crippen molar-refractivity contribution in [3.05, 3.63) is 106 Å². The van der Waals surface area contributed by atoms with Crippen LogP contribution in [0.25, 0.3) is 16.9 Å². The van der Waals surface area contributed by atoms with E-state index in [9.17, 15) is 9.59 Å². The molecule has 0 unspecified atom stereocenters. The van der Waals surface area contributed by atoms with E-state index in [-0.39, 0.29) is 11.6 Å². The second-order valence-electron chi connectivity index (χ2n) is 7.69. The number of para-hydroxylation sites is 1. The fourth-order valence-electron chi connectivity index (χ4n) is 3.32. The first-order valence-corrected chi connectivity index (χ1v) is 11.4. The van der Waals surface area contributed by atoms with Crippen LogP contribution in [0.4, 0.5) is 0 Å². The number of aryl methyl sites for hydroxylation is 1. The smallest absolute Gasteiger partial charge is 0.259 e. The summed E-state index contributed by atoms with van der Waals surface area (Å²) in [4.78, 5) is 24.4. The SMILES string of the molecule is Cc1cccc(-c2nn(-c3ccccc3)cc2/C=N\NC(=O)CNC(=O)c2ccc(Cl)c(Cl)c2)c1. The molecule has 0 aliphatic rings. The lowest BCUT2D eigenvalue weighted by Crippen LogP contribution is -2.34. The Morgan fingerprint density at radius 3 is 2.54 bits per heavy atom. The van der Waals surface area contributed by atoms with Crippen molar-refractivity contribution < 1.29 is 9.59 Å². The van der Waals surface area contributed by atoms with Crippen molar-refractivity contribution in [2.24, 2.45) is 5.10 Å². The zero-order chi connectivity index (χ0) is 24.8. The van der Waals surface area contributed by atoms with Crippen molar-refractivity contribution in [2.75, 3.05) is 6.54 Å². The molecular formula is C26H21Cl2N5O2. The van der Waals surface area contributed by atoms with Gasteiger partial charge in [-0.2, -0.15) is 10.2 Å². The Balaban J connectivity index is 1.45. The quantitative estimate of drug-likeness (QED) is 0.272. The summed E-state index contributed by atoms with van der Waals surface area (Å²) in [5.74, 6) is -0.934. The molecule has 7 nitrogen and oxygen atoms in total. The summed E-state index contributed by atoms with van der Waals surface area (Å²) in [6, 6.07) is 22.2. The lowest BCUT2D eigenvalue weighted by molar-refractivity contribution is -0.120. The van der Waals surface area contributed by atoms with Crippen molar-refractivity contribution in [1.82, 2.24) is 20.5 Å². The molecular weight excluding hydrogens is 485 g/mol. The van der Waals surface area contributed by atoms with Gasteiger partial charge in [-0.25, -0.2) is 10.1 Å². The van der Waals surface area contributed by atoms with E-state index in [2.05, 4.69) is 15.8 Å². The van der Waals surface area contributed by atoms with Gasteiger partial charge in [-0.05, 0) is 43.3 Å². The second-order valence-corrected chi connectivity index (χ2v) is 8.50. The minimum atomic E-state index is -0.484. The molecule has 4 aromatic rings. The van der Waals surface area contributed by atoms with Crippen LogP contribution in [-0.4, -0.2) is 34.4 Å². The lowest BCUT2D eigenvalue weighted by atomic mass is 10.1. The van der Waals surface area contributed by atoms with E-state index in [1.165, 1.54) is 24.4 Å². The van der Waals surface area contributed by atoms with Gasteiger partial charge in [-0.1, -0.05) is 65.2 Å². The van der Waals surface area contributed by atoms with Gasteiger partial charge in [0.1, 0.15) is 5.69 Å². The van der Waals surface area contributed by atoms with Crippen molar-refractivity contribution >= 4 is 41.2 Å². The van der Waals surface area contributed by atoms with Gasteiger partial charge in [0.15, 0.2) is 0 Å². The van der Waals surface area contributed by atoms with E-state index >= 15 is 0 Å². The number of carbonyl (C=O) groups is 2. The Morgan fingerprint density at radius 1 is 1.00 bits per heavy atom. The standard InChI is InChI=1S/C26H21Cl2N5O2/c1-17-6-5-7-18(12-17)25-20(16-33(32-25)21-8-3-2-4-9-21)14-30-31-24(34)15-29-26(35)19-10-11-22(27)23(28)13-19/h2-14,16H,15H2,1H3,(H,29,35)(H,31,34)/b30-14-. The summed E-state index contributed by atoms with van der Waals surface area (Å²) in [6.07, 6.45) is 3.37. The Morgan fingerprint density at radius 2 is 1.80 bits per heavy atom. The lowest BCUT2D eigenvalue weighted by Gasteiger charge is -2.05. The van der Waals surface area contributed by atoms with Crippen LogP contribution in [0, 0.1) is 6.92 Å². The number of aromatic nitrogens is 2. The third-order valence-corrected chi connectivity index (χ3v) is 5.78. The zero-order valence-electron chi connectivity index (χ0n) is 18.7. The molecule has 0 radical (unpaired) electrons. The fourth-order valence-corrected chi connectivity index (χ4v) is 3.62. The molecule has 2 amide bonds. The number of hydrogen-bond acceptors (Lipinski definition) is 4. The molecule has 0 atom stereocenters. The predicted octanol–water partition coefficient (Wildman–Crippen LogP) is 5.03. The molecule has 0 aliphatic heterocycles. The number of benzene rings is 3. The highest BCUT2D eigenvalue weighted by Crippen LogP contribution is 2.24. The molecule has 9 heteroatoms. The van der Waals surface area contributed by atoms with E-state index in [4.69, 9.17) is 28.3 Å². The molecule has 3 aromatic carbocycles. The summed E-state index contributed by atoms with van der Waals surface area (Å²) in [5.41, 5.74) is 7.11. The number of nitrogens with one attached hydrogen (secondary N) is 2. The highest BCUT2D eigenvalue weighted by molar-refractivity contribution is 6.42. The van der Waals surface area contributed by atoms with Crippen LogP contribution in [0.5, 0.6) is 0 Å². The van der Waals surface area contributed by atoms with Crippen LogP contribution in [-0.2, 0) is 4.79 Å². The largest absolute Gasteiger partial charge is 0.343 e. The number of amides is 2. The van der Waals surface area contributed by atoms with Gasteiger partial charge in [0, 0.05) is 22.9 Å². The van der Waals surface area contributed by atoms with Crippen LogP contribution in [0.1, 0.15) is 21.5 Å². The molecule has 0 saturated carbocycles. The molecule has 0 spiro atoms. The van der Waals surface area contributed by atoms with E-state index in [1.807, 2.05) is 67.7 Å². The van der Waals surface area contributed by atoms with Crippen LogP contribution in [0.15, 0.2) is 84.1 Å². The number of hydrogen-bond donors (Lipinski definition) is 2. The average Bonchev–Trinajstić information content (AvgIpc) is 3.29. The first-order valence-electron chi connectivity index (χ1n) is 10.7. The summed E-state index contributed by atoms with van der Waals surface area (Å²) in [5, 5.41) is 11.9. The summed E-state index contributed by atoms with van der Waals surface area (Å²) in [7, 11) is 0. The minimum absolute atomic E-state index is 0.258. The molecule has 0 fully saturated rings. The van der Waals surface area contributed by atoms with Crippen LogP contribution < -0.4 is 10.7 Å². The van der Waals surface area contributed by atoms with E-state index < -0.39 is 11.8 Å². The molecule has 0 saturated heterocycles. The van der Waals surface area contributed by atoms with E-state index in [1.54, 1.807) is 4.68 Å². The van der Waals surface area contributed by atoms with E-state index in [0.29, 0.717) is 10.6 Å². The normalized spacial score (nSPS) is 10.9.